The van der Waals surface area contributed by atoms with Gasteiger partial charge in [0.25, 0.3) is 0 Å². The van der Waals surface area contributed by atoms with Gasteiger partial charge in [-0.25, -0.2) is 9.97 Å². The highest BCUT2D eigenvalue weighted by molar-refractivity contribution is 7.13. The average Bonchev–Trinajstić information content (AvgIpc) is 2.72. The first kappa shape index (κ1) is 13.2. The summed E-state index contributed by atoms with van der Waals surface area (Å²) in [6, 6.07) is 4.08. The number of nitrogens with zero attached hydrogens (tertiary/aromatic N) is 2. The van der Waals surface area contributed by atoms with Gasteiger partial charge in [0.05, 0.1) is 10.6 Å². The third kappa shape index (κ3) is 3.37. The van der Waals surface area contributed by atoms with Gasteiger partial charge < -0.3 is 5.73 Å². The van der Waals surface area contributed by atoms with Crippen molar-refractivity contribution in [3.8, 4) is 10.6 Å². The Labute approximate surface area is 112 Å². The van der Waals surface area contributed by atoms with Gasteiger partial charge in [0.1, 0.15) is 5.82 Å². The standard InChI is InChI=1S/C14H19N3S/c1-10-6-9-18-13(10)11-5-8-16-12(17-11)4-7-14(2,3)15/h5-6,8-9H,4,7,15H2,1-3H3. The maximum Gasteiger partial charge on any atom is 0.129 e. The van der Waals surface area contributed by atoms with E-state index in [1.165, 1.54) is 10.4 Å². The Morgan fingerprint density at radius 2 is 2.11 bits per heavy atom. The molecule has 2 rings (SSSR count). The van der Waals surface area contributed by atoms with Crippen LogP contribution in [0.2, 0.25) is 0 Å². The van der Waals surface area contributed by atoms with Crippen LogP contribution in [0.1, 0.15) is 31.7 Å². The molecule has 0 aliphatic heterocycles. The van der Waals surface area contributed by atoms with Crippen LogP contribution in [-0.2, 0) is 6.42 Å². The van der Waals surface area contributed by atoms with Gasteiger partial charge in [0.2, 0.25) is 0 Å². The third-order valence-corrected chi connectivity index (χ3v) is 3.83. The first-order chi connectivity index (χ1) is 8.46. The Morgan fingerprint density at radius 3 is 2.72 bits per heavy atom. The smallest absolute Gasteiger partial charge is 0.129 e. The Kier molecular flexibility index (Phi) is 3.78. The molecule has 0 aromatic carbocycles. The minimum atomic E-state index is -0.168. The molecule has 0 bridgehead atoms. The van der Waals surface area contributed by atoms with Gasteiger partial charge in [0.15, 0.2) is 0 Å². The van der Waals surface area contributed by atoms with Crippen molar-refractivity contribution in [1.29, 1.82) is 0 Å². The highest BCUT2D eigenvalue weighted by Gasteiger charge is 2.12. The lowest BCUT2D eigenvalue weighted by Crippen LogP contribution is -2.32. The van der Waals surface area contributed by atoms with E-state index in [-0.39, 0.29) is 5.54 Å². The second kappa shape index (κ2) is 5.16. The molecule has 18 heavy (non-hydrogen) atoms. The van der Waals surface area contributed by atoms with E-state index in [0.29, 0.717) is 0 Å². The Hall–Kier alpha value is -1.26. The van der Waals surface area contributed by atoms with Gasteiger partial charge in [-0.15, -0.1) is 11.3 Å². The first-order valence-electron chi connectivity index (χ1n) is 6.11. The second-order valence-corrected chi connectivity index (χ2v) is 6.20. The fourth-order valence-corrected chi connectivity index (χ4v) is 2.61. The molecular weight excluding hydrogens is 242 g/mol. The van der Waals surface area contributed by atoms with Gasteiger partial charge in [0, 0.05) is 18.2 Å². The zero-order valence-corrected chi connectivity index (χ0v) is 11.9. The predicted molar refractivity (Wildman–Crippen MR) is 76.7 cm³/mol. The number of aromatic nitrogens is 2. The summed E-state index contributed by atoms with van der Waals surface area (Å²) in [6.45, 7) is 6.16. The van der Waals surface area contributed by atoms with Crippen LogP contribution in [0.4, 0.5) is 0 Å². The minimum Gasteiger partial charge on any atom is -0.326 e. The van der Waals surface area contributed by atoms with Crippen molar-refractivity contribution in [1.82, 2.24) is 9.97 Å². The van der Waals surface area contributed by atoms with Crippen LogP contribution < -0.4 is 5.73 Å². The topological polar surface area (TPSA) is 51.8 Å². The van der Waals surface area contributed by atoms with Gasteiger partial charge in [-0.1, -0.05) is 0 Å². The quantitative estimate of drug-likeness (QED) is 0.919. The number of hydrogen-bond donors (Lipinski definition) is 1. The summed E-state index contributed by atoms with van der Waals surface area (Å²) in [5.41, 5.74) is 8.10. The van der Waals surface area contributed by atoms with Gasteiger partial charge in [-0.2, -0.15) is 0 Å². The van der Waals surface area contributed by atoms with Crippen molar-refractivity contribution in [2.75, 3.05) is 0 Å². The lowest BCUT2D eigenvalue weighted by Gasteiger charge is -2.17. The summed E-state index contributed by atoms with van der Waals surface area (Å²) in [7, 11) is 0. The molecule has 2 N–H and O–H groups in total. The van der Waals surface area contributed by atoms with Crippen LogP contribution in [0.15, 0.2) is 23.7 Å². The van der Waals surface area contributed by atoms with Crippen LogP contribution >= 0.6 is 11.3 Å². The molecule has 0 atom stereocenters. The highest BCUT2D eigenvalue weighted by atomic mass is 32.1. The van der Waals surface area contributed by atoms with Crippen LogP contribution in [0.3, 0.4) is 0 Å². The van der Waals surface area contributed by atoms with E-state index in [1.54, 1.807) is 11.3 Å². The average molecular weight is 261 g/mol. The van der Waals surface area contributed by atoms with Crippen molar-refractivity contribution in [2.24, 2.45) is 5.73 Å². The lowest BCUT2D eigenvalue weighted by molar-refractivity contribution is 0.471. The fourth-order valence-electron chi connectivity index (χ4n) is 1.72. The van der Waals surface area contributed by atoms with Crippen molar-refractivity contribution in [3.05, 3.63) is 35.1 Å². The maximum absolute atomic E-state index is 5.99. The van der Waals surface area contributed by atoms with Crippen molar-refractivity contribution in [2.45, 2.75) is 39.2 Å². The predicted octanol–water partition coefficient (Wildman–Crippen LogP) is 3.18. The molecule has 3 nitrogen and oxygen atoms in total. The Morgan fingerprint density at radius 1 is 1.33 bits per heavy atom. The molecule has 0 radical (unpaired) electrons. The van der Waals surface area contributed by atoms with E-state index in [9.17, 15) is 0 Å². The fraction of sp³-hybridized carbons (Fsp3) is 0.429. The van der Waals surface area contributed by atoms with Crippen LogP contribution in [0.25, 0.3) is 10.6 Å². The number of hydrogen-bond acceptors (Lipinski definition) is 4. The van der Waals surface area contributed by atoms with E-state index >= 15 is 0 Å². The summed E-state index contributed by atoms with van der Waals surface area (Å²) in [6.07, 6.45) is 3.54. The first-order valence-corrected chi connectivity index (χ1v) is 6.99. The summed E-state index contributed by atoms with van der Waals surface area (Å²) >= 11 is 1.72. The summed E-state index contributed by atoms with van der Waals surface area (Å²) in [4.78, 5) is 10.2. The molecule has 2 aromatic rings. The van der Waals surface area contributed by atoms with Gasteiger partial charge in [-0.05, 0) is 50.3 Å². The molecule has 0 fully saturated rings. The maximum atomic E-state index is 5.99. The second-order valence-electron chi connectivity index (χ2n) is 5.28. The number of rotatable bonds is 4. The van der Waals surface area contributed by atoms with Crippen LogP contribution in [-0.4, -0.2) is 15.5 Å². The SMILES string of the molecule is Cc1ccsc1-c1ccnc(CCC(C)(C)N)n1. The summed E-state index contributed by atoms with van der Waals surface area (Å²) in [5.74, 6) is 0.874. The van der Waals surface area contributed by atoms with Crippen LogP contribution in [0, 0.1) is 6.92 Å². The van der Waals surface area contributed by atoms with Crippen molar-refractivity contribution >= 4 is 11.3 Å². The van der Waals surface area contributed by atoms with Crippen molar-refractivity contribution in [3.63, 3.8) is 0 Å². The molecule has 0 unspecified atom stereocenters. The number of aryl methyl sites for hydroxylation is 2. The van der Waals surface area contributed by atoms with Gasteiger partial charge >= 0.3 is 0 Å². The molecular formula is C14H19N3S. The Balaban J connectivity index is 2.18. The van der Waals surface area contributed by atoms with Crippen LogP contribution in [0.5, 0.6) is 0 Å². The molecule has 0 aliphatic rings. The van der Waals surface area contributed by atoms with E-state index in [0.717, 1.165) is 24.4 Å². The van der Waals surface area contributed by atoms with E-state index in [1.807, 2.05) is 26.1 Å². The molecule has 0 amide bonds. The molecule has 96 valence electrons. The monoisotopic (exact) mass is 261 g/mol. The molecule has 2 aromatic heterocycles. The third-order valence-electron chi connectivity index (χ3n) is 2.79. The Bertz CT molecular complexity index is 526. The van der Waals surface area contributed by atoms with Gasteiger partial charge in [-0.3, -0.25) is 0 Å². The minimum absolute atomic E-state index is 0.168. The normalized spacial score (nSPS) is 11.8. The van der Waals surface area contributed by atoms with E-state index < -0.39 is 0 Å². The van der Waals surface area contributed by atoms with E-state index in [4.69, 9.17) is 5.73 Å². The molecule has 4 heteroatoms. The largest absolute Gasteiger partial charge is 0.326 e. The molecule has 0 spiro atoms. The molecule has 0 aliphatic carbocycles. The zero-order valence-electron chi connectivity index (χ0n) is 11.1. The zero-order chi connectivity index (χ0) is 13.2. The molecule has 2 heterocycles. The molecule has 0 saturated carbocycles. The van der Waals surface area contributed by atoms with E-state index in [2.05, 4.69) is 28.3 Å². The van der Waals surface area contributed by atoms with Crippen molar-refractivity contribution < 1.29 is 0 Å². The number of nitrogens with two attached hydrogens (primary N) is 1. The highest BCUT2D eigenvalue weighted by Crippen LogP contribution is 2.27. The summed E-state index contributed by atoms with van der Waals surface area (Å²) < 4.78 is 0. The lowest BCUT2D eigenvalue weighted by atomic mass is 10.00. The molecule has 0 saturated heterocycles. The number of thiophene rings is 1. The summed E-state index contributed by atoms with van der Waals surface area (Å²) in [5, 5.41) is 2.09.